The molecule has 21 heavy (non-hydrogen) atoms. The van der Waals surface area contributed by atoms with Gasteiger partial charge >= 0.3 is 5.97 Å². The van der Waals surface area contributed by atoms with Crippen LogP contribution >= 0.6 is 11.3 Å². The van der Waals surface area contributed by atoms with E-state index < -0.39 is 17.3 Å². The van der Waals surface area contributed by atoms with Gasteiger partial charge in [0.25, 0.3) is 0 Å². The van der Waals surface area contributed by atoms with Gasteiger partial charge in [0, 0.05) is 11.6 Å². The minimum atomic E-state index is -0.827. The number of hydrogen-bond acceptors (Lipinski definition) is 5. The van der Waals surface area contributed by atoms with Gasteiger partial charge in [0.15, 0.2) is 0 Å². The highest BCUT2D eigenvalue weighted by Gasteiger charge is 2.39. The monoisotopic (exact) mass is 312 g/mol. The molecule has 0 radical (unpaired) electrons. The van der Waals surface area contributed by atoms with Crippen molar-refractivity contribution in [1.82, 2.24) is 10.3 Å². The lowest BCUT2D eigenvalue weighted by Gasteiger charge is -2.29. The molecule has 2 unspecified atom stereocenters. The molecule has 0 aliphatic rings. The van der Waals surface area contributed by atoms with Crippen LogP contribution in [0.1, 0.15) is 52.1 Å². The van der Waals surface area contributed by atoms with E-state index in [0.717, 1.165) is 11.4 Å². The standard InChI is InChI=1S/C15H24N2O3S/c1-6-10(13-16-8-9-21-13)17-12(18)11(15(3,4)5)14(19)20-7-2/h8-11H,6-7H2,1-5H3,(H,17,18). The van der Waals surface area contributed by atoms with Gasteiger partial charge in [-0.2, -0.15) is 0 Å². The molecule has 1 rings (SSSR count). The highest BCUT2D eigenvalue weighted by Crippen LogP contribution is 2.29. The number of nitrogens with zero attached hydrogens (tertiary/aromatic N) is 1. The summed E-state index contributed by atoms with van der Waals surface area (Å²) in [7, 11) is 0. The minimum Gasteiger partial charge on any atom is -0.465 e. The number of hydrogen-bond donors (Lipinski definition) is 1. The second-order valence-corrected chi connectivity index (χ2v) is 6.82. The fourth-order valence-corrected chi connectivity index (χ4v) is 2.85. The molecule has 0 spiro atoms. The normalized spacial score (nSPS) is 14.3. The lowest BCUT2D eigenvalue weighted by molar-refractivity contribution is -0.156. The fraction of sp³-hybridized carbons (Fsp3) is 0.667. The summed E-state index contributed by atoms with van der Waals surface area (Å²) in [4.78, 5) is 28.9. The van der Waals surface area contributed by atoms with Gasteiger partial charge in [-0.25, -0.2) is 4.98 Å². The Morgan fingerprint density at radius 2 is 2.05 bits per heavy atom. The van der Waals surface area contributed by atoms with Crippen molar-refractivity contribution in [2.45, 2.75) is 47.1 Å². The Bertz CT molecular complexity index is 466. The van der Waals surface area contributed by atoms with E-state index in [-0.39, 0.29) is 18.6 Å². The number of carbonyl (C=O) groups is 2. The number of amides is 1. The molecule has 1 N–H and O–H groups in total. The Morgan fingerprint density at radius 1 is 1.38 bits per heavy atom. The van der Waals surface area contributed by atoms with E-state index in [1.54, 1.807) is 13.1 Å². The molecule has 5 nitrogen and oxygen atoms in total. The topological polar surface area (TPSA) is 68.3 Å². The van der Waals surface area contributed by atoms with Gasteiger partial charge in [-0.15, -0.1) is 11.3 Å². The molecule has 1 heterocycles. The number of ether oxygens (including phenoxy) is 1. The van der Waals surface area contributed by atoms with Crippen molar-refractivity contribution in [1.29, 1.82) is 0 Å². The predicted octanol–water partition coefficient (Wildman–Crippen LogP) is 2.94. The Labute approximate surface area is 130 Å². The minimum absolute atomic E-state index is 0.170. The van der Waals surface area contributed by atoms with Gasteiger partial charge in [-0.3, -0.25) is 9.59 Å². The molecule has 1 aromatic rings. The molecule has 0 aliphatic heterocycles. The van der Waals surface area contributed by atoms with Crippen LogP contribution in [0, 0.1) is 11.3 Å². The molecule has 0 saturated heterocycles. The fourth-order valence-electron chi connectivity index (χ4n) is 2.08. The Balaban J connectivity index is 2.88. The van der Waals surface area contributed by atoms with Gasteiger partial charge in [-0.1, -0.05) is 27.7 Å². The maximum Gasteiger partial charge on any atom is 0.319 e. The van der Waals surface area contributed by atoms with Crippen LogP contribution in [0.5, 0.6) is 0 Å². The Hall–Kier alpha value is -1.43. The first-order valence-corrected chi connectivity index (χ1v) is 8.05. The zero-order chi connectivity index (χ0) is 16.0. The van der Waals surface area contributed by atoms with Crippen LogP contribution in [-0.4, -0.2) is 23.5 Å². The maximum atomic E-state index is 12.5. The van der Waals surface area contributed by atoms with Gasteiger partial charge in [-0.05, 0) is 18.8 Å². The molecule has 0 aromatic carbocycles. The third kappa shape index (κ3) is 4.81. The van der Waals surface area contributed by atoms with E-state index in [1.807, 2.05) is 33.1 Å². The van der Waals surface area contributed by atoms with Gasteiger partial charge in [0.1, 0.15) is 10.9 Å². The number of carbonyl (C=O) groups excluding carboxylic acids is 2. The zero-order valence-electron chi connectivity index (χ0n) is 13.3. The van der Waals surface area contributed by atoms with Crippen molar-refractivity contribution in [2.75, 3.05) is 6.61 Å². The average molecular weight is 312 g/mol. The third-order valence-corrected chi connectivity index (χ3v) is 4.01. The number of thiazole rings is 1. The smallest absolute Gasteiger partial charge is 0.319 e. The van der Waals surface area contributed by atoms with E-state index in [4.69, 9.17) is 4.74 Å². The van der Waals surface area contributed by atoms with Crippen molar-refractivity contribution in [3.8, 4) is 0 Å². The summed E-state index contributed by atoms with van der Waals surface area (Å²) >= 11 is 1.49. The van der Waals surface area contributed by atoms with Crippen molar-refractivity contribution in [2.24, 2.45) is 11.3 Å². The Kier molecular flexibility index (Phi) is 6.33. The molecule has 0 aliphatic carbocycles. The van der Waals surface area contributed by atoms with Gasteiger partial charge in [0.2, 0.25) is 5.91 Å². The van der Waals surface area contributed by atoms with E-state index in [1.165, 1.54) is 11.3 Å². The number of esters is 1. The lowest BCUT2D eigenvalue weighted by Crippen LogP contribution is -2.44. The maximum absolute atomic E-state index is 12.5. The summed E-state index contributed by atoms with van der Waals surface area (Å²) in [5, 5.41) is 5.64. The summed E-state index contributed by atoms with van der Waals surface area (Å²) < 4.78 is 5.04. The number of rotatable bonds is 6. The molecule has 0 fully saturated rings. The summed E-state index contributed by atoms with van der Waals surface area (Å²) in [6.07, 6.45) is 2.43. The van der Waals surface area contributed by atoms with Crippen molar-refractivity contribution in [3.05, 3.63) is 16.6 Å². The highest BCUT2D eigenvalue weighted by atomic mass is 32.1. The second-order valence-electron chi connectivity index (χ2n) is 5.89. The summed E-state index contributed by atoms with van der Waals surface area (Å²) in [6, 6.07) is -0.170. The Morgan fingerprint density at radius 3 is 2.48 bits per heavy atom. The molecule has 0 saturated carbocycles. The van der Waals surface area contributed by atoms with Gasteiger partial charge in [0.05, 0.1) is 12.6 Å². The van der Waals surface area contributed by atoms with Crippen LogP contribution in [0.25, 0.3) is 0 Å². The molecule has 0 bridgehead atoms. The van der Waals surface area contributed by atoms with Crippen LogP contribution < -0.4 is 5.32 Å². The van der Waals surface area contributed by atoms with Crippen molar-refractivity contribution < 1.29 is 14.3 Å². The summed E-state index contributed by atoms with van der Waals surface area (Å²) in [5.74, 6) is -1.61. The van der Waals surface area contributed by atoms with Crippen molar-refractivity contribution in [3.63, 3.8) is 0 Å². The first kappa shape index (κ1) is 17.6. The molecular weight excluding hydrogens is 288 g/mol. The van der Waals surface area contributed by atoms with E-state index in [0.29, 0.717) is 0 Å². The number of nitrogens with one attached hydrogen (secondary N) is 1. The third-order valence-electron chi connectivity index (χ3n) is 3.12. The lowest BCUT2D eigenvalue weighted by atomic mass is 9.80. The van der Waals surface area contributed by atoms with Crippen LogP contribution in [0.15, 0.2) is 11.6 Å². The van der Waals surface area contributed by atoms with Crippen molar-refractivity contribution >= 4 is 23.2 Å². The molecule has 118 valence electrons. The van der Waals surface area contributed by atoms with Crippen LogP contribution in [0.2, 0.25) is 0 Å². The zero-order valence-corrected chi connectivity index (χ0v) is 14.1. The summed E-state index contributed by atoms with van der Waals surface area (Å²) in [6.45, 7) is 9.56. The highest BCUT2D eigenvalue weighted by molar-refractivity contribution is 7.09. The summed E-state index contributed by atoms with van der Waals surface area (Å²) in [5.41, 5.74) is -0.502. The van der Waals surface area contributed by atoms with Crippen LogP contribution in [0.4, 0.5) is 0 Å². The van der Waals surface area contributed by atoms with E-state index in [2.05, 4.69) is 10.3 Å². The first-order chi connectivity index (χ1) is 9.81. The SMILES string of the molecule is CCOC(=O)C(C(=O)NC(CC)c1nccs1)C(C)(C)C. The first-order valence-electron chi connectivity index (χ1n) is 7.17. The molecule has 1 aromatic heterocycles. The molecular formula is C15H24N2O3S. The van der Waals surface area contributed by atoms with E-state index in [9.17, 15) is 9.59 Å². The van der Waals surface area contributed by atoms with Gasteiger partial charge < -0.3 is 10.1 Å². The van der Waals surface area contributed by atoms with Crippen LogP contribution in [0.3, 0.4) is 0 Å². The van der Waals surface area contributed by atoms with E-state index >= 15 is 0 Å². The predicted molar refractivity (Wildman–Crippen MR) is 82.9 cm³/mol. The quantitative estimate of drug-likeness (QED) is 0.648. The molecule has 2 atom stereocenters. The molecule has 1 amide bonds. The average Bonchev–Trinajstić information content (AvgIpc) is 2.88. The number of aromatic nitrogens is 1. The largest absolute Gasteiger partial charge is 0.465 e. The molecule has 6 heteroatoms. The van der Waals surface area contributed by atoms with Crippen LogP contribution in [-0.2, 0) is 14.3 Å². The second kappa shape index (κ2) is 7.54.